The van der Waals surface area contributed by atoms with E-state index < -0.39 is 5.24 Å². The van der Waals surface area contributed by atoms with Crippen LogP contribution in [0.4, 0.5) is 0 Å². The van der Waals surface area contributed by atoms with Crippen molar-refractivity contribution < 1.29 is 14.3 Å². The predicted octanol–water partition coefficient (Wildman–Crippen LogP) is 5.11. The van der Waals surface area contributed by atoms with E-state index in [1.165, 1.54) is 0 Å². The molecule has 0 heterocycles. The first kappa shape index (κ1) is 16.8. The minimum absolute atomic E-state index is 0.361. The van der Waals surface area contributed by atoms with E-state index in [1.54, 1.807) is 12.1 Å². The Morgan fingerprint density at radius 1 is 1.23 bits per heavy atom. The summed E-state index contributed by atoms with van der Waals surface area (Å²) in [5.41, 5.74) is 2.61. The van der Waals surface area contributed by atoms with E-state index in [0.29, 0.717) is 34.7 Å². The second-order valence-electron chi connectivity index (χ2n) is 4.71. The average molecular weight is 384 g/mol. The first-order valence-corrected chi connectivity index (χ1v) is 8.03. The van der Waals surface area contributed by atoms with Gasteiger partial charge in [0.2, 0.25) is 0 Å². The molecule has 2 rings (SSSR count). The van der Waals surface area contributed by atoms with E-state index >= 15 is 0 Å². The van der Waals surface area contributed by atoms with Gasteiger partial charge in [-0.1, -0.05) is 24.3 Å². The zero-order valence-corrected chi connectivity index (χ0v) is 14.7. The van der Waals surface area contributed by atoms with Crippen molar-refractivity contribution in [3.63, 3.8) is 0 Å². The Morgan fingerprint density at radius 3 is 2.59 bits per heavy atom. The lowest BCUT2D eigenvalue weighted by Crippen LogP contribution is -2.03. The monoisotopic (exact) mass is 382 g/mol. The molecule has 0 atom stereocenters. The first-order valence-electron chi connectivity index (χ1n) is 6.86. The van der Waals surface area contributed by atoms with Crippen LogP contribution in [0, 0.1) is 6.92 Å². The highest BCUT2D eigenvalue weighted by Gasteiger charge is 2.15. The van der Waals surface area contributed by atoms with E-state index in [-0.39, 0.29) is 0 Å². The molecule has 0 aliphatic carbocycles. The van der Waals surface area contributed by atoms with Crippen molar-refractivity contribution in [3.8, 4) is 11.5 Å². The van der Waals surface area contributed by atoms with Crippen LogP contribution in [-0.4, -0.2) is 11.8 Å². The largest absolute Gasteiger partial charge is 0.490 e. The van der Waals surface area contributed by atoms with Crippen molar-refractivity contribution in [1.82, 2.24) is 0 Å². The maximum atomic E-state index is 11.3. The molecule has 0 spiro atoms. The Kier molecular flexibility index (Phi) is 5.86. The van der Waals surface area contributed by atoms with Gasteiger partial charge in [-0.3, -0.25) is 4.79 Å². The van der Waals surface area contributed by atoms with Gasteiger partial charge in [-0.15, -0.1) is 0 Å². The zero-order chi connectivity index (χ0) is 16.1. The maximum Gasteiger partial charge on any atom is 0.252 e. The zero-order valence-electron chi connectivity index (χ0n) is 12.4. The van der Waals surface area contributed by atoms with Crippen LogP contribution in [0.25, 0.3) is 0 Å². The van der Waals surface area contributed by atoms with Gasteiger partial charge in [0, 0.05) is 5.56 Å². The van der Waals surface area contributed by atoms with E-state index in [9.17, 15) is 4.79 Å². The molecule has 22 heavy (non-hydrogen) atoms. The molecule has 0 saturated heterocycles. The molecule has 0 saturated carbocycles. The van der Waals surface area contributed by atoms with Crippen molar-refractivity contribution >= 4 is 32.8 Å². The Hall–Kier alpha value is -1.52. The standard InChI is InChI=1S/C17H16BrClO3/c1-3-21-15-9-13(17(19)20)8-14(18)16(15)22-10-12-7-5-4-6-11(12)2/h4-9H,3,10H2,1-2H3. The first-order chi connectivity index (χ1) is 10.5. The third-order valence-corrected chi connectivity index (χ3v) is 3.98. The van der Waals surface area contributed by atoms with E-state index in [4.69, 9.17) is 21.1 Å². The van der Waals surface area contributed by atoms with Gasteiger partial charge in [-0.05, 0) is 64.6 Å². The Labute approximate surface area is 143 Å². The molecule has 0 bridgehead atoms. The van der Waals surface area contributed by atoms with Crippen molar-refractivity contribution in [3.05, 3.63) is 57.6 Å². The Bertz CT molecular complexity index is 686. The molecule has 0 aromatic heterocycles. The molecule has 0 aliphatic heterocycles. The lowest BCUT2D eigenvalue weighted by atomic mass is 10.1. The molecule has 3 nitrogen and oxygen atoms in total. The lowest BCUT2D eigenvalue weighted by molar-refractivity contribution is 0.108. The Balaban J connectivity index is 2.29. The normalized spacial score (nSPS) is 10.4. The van der Waals surface area contributed by atoms with Crippen molar-refractivity contribution in [2.75, 3.05) is 6.61 Å². The fraction of sp³-hybridized carbons (Fsp3) is 0.235. The third-order valence-electron chi connectivity index (χ3n) is 3.17. The van der Waals surface area contributed by atoms with Crippen LogP contribution in [0.3, 0.4) is 0 Å². The highest BCUT2D eigenvalue weighted by atomic mass is 79.9. The van der Waals surface area contributed by atoms with Crippen molar-refractivity contribution in [2.45, 2.75) is 20.5 Å². The number of hydrogen-bond donors (Lipinski definition) is 0. The number of halogens is 2. The van der Waals surface area contributed by atoms with Gasteiger partial charge in [0.25, 0.3) is 5.24 Å². The number of hydrogen-bond acceptors (Lipinski definition) is 3. The number of carbonyl (C=O) groups is 1. The van der Waals surface area contributed by atoms with Crippen LogP contribution < -0.4 is 9.47 Å². The smallest absolute Gasteiger partial charge is 0.252 e. The summed E-state index contributed by atoms with van der Waals surface area (Å²) >= 11 is 8.95. The molecular formula is C17H16BrClO3. The van der Waals surface area contributed by atoms with Gasteiger partial charge < -0.3 is 9.47 Å². The van der Waals surface area contributed by atoms with E-state index in [2.05, 4.69) is 15.9 Å². The minimum Gasteiger partial charge on any atom is -0.490 e. The topological polar surface area (TPSA) is 35.5 Å². The molecule has 0 aliphatic rings. The predicted molar refractivity (Wildman–Crippen MR) is 91.0 cm³/mol. The quantitative estimate of drug-likeness (QED) is 0.650. The molecule has 2 aromatic rings. The fourth-order valence-electron chi connectivity index (χ4n) is 2.01. The van der Waals surface area contributed by atoms with Gasteiger partial charge in [0.15, 0.2) is 11.5 Å². The summed E-state index contributed by atoms with van der Waals surface area (Å²) in [5, 5.41) is -0.535. The molecule has 0 fully saturated rings. The van der Waals surface area contributed by atoms with Crippen LogP contribution in [0.2, 0.25) is 0 Å². The number of carbonyl (C=O) groups excluding carboxylic acids is 1. The molecule has 0 radical (unpaired) electrons. The van der Waals surface area contributed by atoms with Crippen LogP contribution >= 0.6 is 27.5 Å². The third kappa shape index (κ3) is 4.02. The molecule has 0 amide bonds. The van der Waals surface area contributed by atoms with Crippen LogP contribution in [0.1, 0.15) is 28.4 Å². The van der Waals surface area contributed by atoms with Crippen molar-refractivity contribution in [2.24, 2.45) is 0 Å². The van der Waals surface area contributed by atoms with E-state index in [1.807, 2.05) is 38.1 Å². The van der Waals surface area contributed by atoms with Gasteiger partial charge in [-0.25, -0.2) is 0 Å². The SMILES string of the molecule is CCOc1cc(C(=O)Cl)cc(Br)c1OCc1ccccc1C. The Morgan fingerprint density at radius 2 is 1.95 bits per heavy atom. The van der Waals surface area contributed by atoms with Crippen molar-refractivity contribution in [1.29, 1.82) is 0 Å². The number of ether oxygens (including phenoxy) is 2. The highest BCUT2D eigenvalue weighted by Crippen LogP contribution is 2.38. The number of benzene rings is 2. The van der Waals surface area contributed by atoms with Gasteiger partial charge >= 0.3 is 0 Å². The number of aryl methyl sites for hydroxylation is 1. The number of rotatable bonds is 6. The molecule has 0 N–H and O–H groups in total. The highest BCUT2D eigenvalue weighted by molar-refractivity contribution is 9.10. The van der Waals surface area contributed by atoms with Crippen LogP contribution in [-0.2, 0) is 6.61 Å². The summed E-state index contributed by atoms with van der Waals surface area (Å²) in [4.78, 5) is 11.3. The molecular weight excluding hydrogens is 368 g/mol. The molecule has 2 aromatic carbocycles. The van der Waals surface area contributed by atoms with Crippen LogP contribution in [0.15, 0.2) is 40.9 Å². The molecule has 116 valence electrons. The second kappa shape index (κ2) is 7.65. The van der Waals surface area contributed by atoms with Crippen LogP contribution in [0.5, 0.6) is 11.5 Å². The van der Waals surface area contributed by atoms with Gasteiger partial charge in [0.05, 0.1) is 11.1 Å². The molecule has 0 unspecified atom stereocenters. The fourth-order valence-corrected chi connectivity index (χ4v) is 2.67. The maximum absolute atomic E-state index is 11.3. The van der Waals surface area contributed by atoms with Gasteiger partial charge in [-0.2, -0.15) is 0 Å². The van der Waals surface area contributed by atoms with E-state index in [0.717, 1.165) is 11.1 Å². The average Bonchev–Trinajstić information content (AvgIpc) is 2.48. The summed E-state index contributed by atoms with van der Waals surface area (Å²) in [7, 11) is 0. The summed E-state index contributed by atoms with van der Waals surface area (Å²) < 4.78 is 12.1. The summed E-state index contributed by atoms with van der Waals surface area (Å²) in [6.07, 6.45) is 0. The lowest BCUT2D eigenvalue weighted by Gasteiger charge is -2.15. The minimum atomic E-state index is -0.535. The summed E-state index contributed by atoms with van der Waals surface area (Å²) in [6, 6.07) is 11.2. The summed E-state index contributed by atoms with van der Waals surface area (Å²) in [5.74, 6) is 1.06. The molecule has 5 heteroatoms. The second-order valence-corrected chi connectivity index (χ2v) is 5.90. The summed E-state index contributed by atoms with van der Waals surface area (Å²) in [6.45, 7) is 4.79. The van der Waals surface area contributed by atoms with Gasteiger partial charge in [0.1, 0.15) is 6.61 Å².